The van der Waals surface area contributed by atoms with Crippen LogP contribution in [0.5, 0.6) is 0 Å². The highest BCUT2D eigenvalue weighted by molar-refractivity contribution is 5.93. The van der Waals surface area contributed by atoms with Crippen molar-refractivity contribution in [3.05, 3.63) is 53.7 Å². The van der Waals surface area contributed by atoms with E-state index in [2.05, 4.69) is 51.6 Å². The molecule has 1 aromatic carbocycles. The van der Waals surface area contributed by atoms with E-state index in [1.165, 1.54) is 0 Å². The van der Waals surface area contributed by atoms with Gasteiger partial charge in [0.1, 0.15) is 11.5 Å². The van der Waals surface area contributed by atoms with E-state index in [-0.39, 0.29) is 18.0 Å². The molecule has 1 aromatic heterocycles. The highest BCUT2D eigenvalue weighted by atomic mass is 16.3. The quantitative estimate of drug-likeness (QED) is 0.474. The lowest BCUT2D eigenvalue weighted by molar-refractivity contribution is -0.137. The Morgan fingerprint density at radius 3 is 2.44 bits per heavy atom. The maximum Gasteiger partial charge on any atom is 0.270 e. The predicted octanol–water partition coefficient (Wildman–Crippen LogP) is 3.45. The van der Waals surface area contributed by atoms with Gasteiger partial charge in [-0.3, -0.25) is 9.59 Å². The molecule has 4 saturated carbocycles. The Morgan fingerprint density at radius 2 is 1.79 bits per heavy atom. The number of benzene rings is 1. The molecule has 4 aliphatic carbocycles. The lowest BCUT2D eigenvalue weighted by Crippen LogP contribution is -2.61. The van der Waals surface area contributed by atoms with Gasteiger partial charge >= 0.3 is 0 Å². The molecule has 7 rings (SSSR count). The van der Waals surface area contributed by atoms with Crippen molar-refractivity contribution in [3.63, 3.8) is 0 Å². The van der Waals surface area contributed by atoms with Crippen LogP contribution in [0.15, 0.2) is 42.5 Å². The minimum absolute atomic E-state index is 0.0975. The Kier molecular flexibility index (Phi) is 6.57. The van der Waals surface area contributed by atoms with Gasteiger partial charge in [0.25, 0.3) is 5.91 Å². The number of rotatable bonds is 7. The SMILES string of the molecule is C[C@@H]1CN(c2ccc(C(C)(C)NC=O)cc2)CCN1c1cccc(C(=O)NC2C3CC4CC2CC(O)(C4)C3)n1. The Balaban J connectivity index is 1.10. The number of anilines is 2. The summed E-state index contributed by atoms with van der Waals surface area (Å²) in [6, 6.07) is 14.5. The third-order valence-electron chi connectivity index (χ3n) is 9.80. The molecule has 1 aliphatic heterocycles. The molecule has 8 heteroatoms. The number of hydrogen-bond acceptors (Lipinski definition) is 6. The number of amides is 2. The van der Waals surface area contributed by atoms with Crippen LogP contribution >= 0.6 is 0 Å². The number of aliphatic hydroxyl groups is 1. The summed E-state index contributed by atoms with van der Waals surface area (Å²) in [6.45, 7) is 8.70. The Bertz CT molecular complexity index is 1210. The molecule has 2 aromatic rings. The first-order valence-corrected chi connectivity index (χ1v) is 14.5. The van der Waals surface area contributed by atoms with E-state index in [0.29, 0.717) is 23.4 Å². The van der Waals surface area contributed by atoms with Crippen molar-refractivity contribution in [2.75, 3.05) is 29.4 Å². The first kappa shape index (κ1) is 26.1. The van der Waals surface area contributed by atoms with Crippen molar-refractivity contribution < 1.29 is 14.7 Å². The van der Waals surface area contributed by atoms with E-state index in [1.54, 1.807) is 0 Å². The fourth-order valence-electron chi connectivity index (χ4n) is 8.00. The van der Waals surface area contributed by atoms with E-state index in [4.69, 9.17) is 4.98 Å². The molecule has 39 heavy (non-hydrogen) atoms. The second-order valence-electron chi connectivity index (χ2n) is 13.0. The molecule has 1 saturated heterocycles. The van der Waals surface area contributed by atoms with Crippen molar-refractivity contribution in [2.45, 2.75) is 76.1 Å². The molecule has 3 N–H and O–H groups in total. The van der Waals surface area contributed by atoms with Crippen molar-refractivity contribution in [3.8, 4) is 0 Å². The predicted molar refractivity (Wildman–Crippen MR) is 152 cm³/mol. The van der Waals surface area contributed by atoms with Gasteiger partial charge in [0.15, 0.2) is 0 Å². The number of pyridine rings is 1. The molecule has 2 heterocycles. The lowest BCUT2D eigenvalue weighted by atomic mass is 9.52. The van der Waals surface area contributed by atoms with Crippen LogP contribution in [0, 0.1) is 17.8 Å². The zero-order chi connectivity index (χ0) is 27.4. The van der Waals surface area contributed by atoms with Gasteiger partial charge in [0.05, 0.1) is 11.1 Å². The van der Waals surface area contributed by atoms with Gasteiger partial charge < -0.3 is 25.5 Å². The summed E-state index contributed by atoms with van der Waals surface area (Å²) in [5.41, 5.74) is 1.78. The Hall–Kier alpha value is -3.13. The number of nitrogens with zero attached hydrogens (tertiary/aromatic N) is 3. The average molecular weight is 532 g/mol. The average Bonchev–Trinajstić information content (AvgIpc) is 2.90. The second kappa shape index (κ2) is 9.81. The second-order valence-corrected chi connectivity index (χ2v) is 13.0. The summed E-state index contributed by atoms with van der Waals surface area (Å²) in [6.07, 6.45) is 5.56. The van der Waals surface area contributed by atoms with Crippen LogP contribution in [0.2, 0.25) is 0 Å². The number of carbonyl (C=O) groups excluding carboxylic acids is 2. The van der Waals surface area contributed by atoms with Crippen LogP contribution in [0.1, 0.15) is 68.9 Å². The smallest absolute Gasteiger partial charge is 0.270 e. The van der Waals surface area contributed by atoms with Crippen LogP contribution < -0.4 is 20.4 Å². The molecule has 2 unspecified atom stereocenters. The first-order chi connectivity index (χ1) is 18.6. The standard InChI is InChI=1S/C31H41N5O3/c1-20-18-35(25-9-7-24(8-10-25)30(2,3)32-19-37)11-12-36(20)27-6-4-5-26(33-27)29(38)34-28-22-13-21-14-23(28)17-31(39,15-21)16-22/h4-10,19-23,28,39H,11-18H2,1-3H3,(H,32,37)(H,34,38)/t20-,21?,22?,23?,28?,31?/m1/s1. The van der Waals surface area contributed by atoms with Crippen molar-refractivity contribution >= 4 is 23.8 Å². The molecule has 0 radical (unpaired) electrons. The van der Waals surface area contributed by atoms with E-state index in [1.807, 2.05) is 32.0 Å². The molecule has 208 valence electrons. The summed E-state index contributed by atoms with van der Waals surface area (Å²) in [5, 5.41) is 17.1. The minimum atomic E-state index is -0.500. The molecule has 5 fully saturated rings. The number of carbonyl (C=O) groups is 2. The first-order valence-electron chi connectivity index (χ1n) is 14.5. The van der Waals surface area contributed by atoms with Gasteiger partial charge in [-0.15, -0.1) is 0 Å². The largest absolute Gasteiger partial charge is 0.390 e. The summed E-state index contributed by atoms with van der Waals surface area (Å²) >= 11 is 0. The van der Waals surface area contributed by atoms with Crippen LogP contribution in [-0.2, 0) is 10.3 Å². The number of hydrogen-bond donors (Lipinski definition) is 3. The van der Waals surface area contributed by atoms with Crippen molar-refractivity contribution in [2.24, 2.45) is 17.8 Å². The van der Waals surface area contributed by atoms with E-state index < -0.39 is 11.1 Å². The Labute approximate surface area is 231 Å². The molecule has 0 spiro atoms. The van der Waals surface area contributed by atoms with E-state index in [9.17, 15) is 14.7 Å². The molecule has 8 nitrogen and oxygen atoms in total. The molecule has 4 bridgehead atoms. The maximum atomic E-state index is 13.3. The van der Waals surface area contributed by atoms with Crippen molar-refractivity contribution in [1.29, 1.82) is 0 Å². The van der Waals surface area contributed by atoms with Gasteiger partial charge in [-0.05, 0) is 100 Å². The third kappa shape index (κ3) is 4.99. The topological polar surface area (TPSA) is 97.8 Å². The monoisotopic (exact) mass is 531 g/mol. The highest BCUT2D eigenvalue weighted by Gasteiger charge is 2.55. The summed E-state index contributed by atoms with van der Waals surface area (Å²) in [4.78, 5) is 33.7. The van der Waals surface area contributed by atoms with Gasteiger partial charge in [-0.1, -0.05) is 18.2 Å². The van der Waals surface area contributed by atoms with Crippen LogP contribution in [0.3, 0.4) is 0 Å². The van der Waals surface area contributed by atoms with Crippen LogP contribution in [0.25, 0.3) is 0 Å². The molecular formula is C31H41N5O3. The van der Waals surface area contributed by atoms with Crippen LogP contribution in [-0.4, -0.2) is 59.7 Å². The van der Waals surface area contributed by atoms with E-state index >= 15 is 0 Å². The molecule has 5 aliphatic rings. The highest BCUT2D eigenvalue weighted by Crippen LogP contribution is 2.55. The zero-order valence-corrected chi connectivity index (χ0v) is 23.3. The summed E-state index contributed by atoms with van der Waals surface area (Å²) < 4.78 is 0. The van der Waals surface area contributed by atoms with Gasteiger partial charge in [0, 0.05) is 37.4 Å². The van der Waals surface area contributed by atoms with Gasteiger partial charge in [-0.25, -0.2) is 4.98 Å². The van der Waals surface area contributed by atoms with E-state index in [0.717, 1.165) is 75.2 Å². The third-order valence-corrected chi connectivity index (χ3v) is 9.80. The van der Waals surface area contributed by atoms with Gasteiger partial charge in [0.2, 0.25) is 6.41 Å². The number of nitrogens with one attached hydrogen (secondary N) is 2. The maximum absolute atomic E-state index is 13.3. The zero-order valence-electron chi connectivity index (χ0n) is 23.3. The molecular weight excluding hydrogens is 490 g/mol. The number of piperazine rings is 1. The molecule has 3 atom stereocenters. The normalized spacial score (nSPS) is 31.7. The van der Waals surface area contributed by atoms with Crippen LogP contribution in [0.4, 0.5) is 11.5 Å². The van der Waals surface area contributed by atoms with Gasteiger partial charge in [-0.2, -0.15) is 0 Å². The Morgan fingerprint density at radius 1 is 1.08 bits per heavy atom. The fraction of sp³-hybridized carbons (Fsp3) is 0.581. The van der Waals surface area contributed by atoms with Crippen molar-refractivity contribution in [1.82, 2.24) is 15.6 Å². The summed E-state index contributed by atoms with van der Waals surface area (Å²) in [7, 11) is 0. The fourth-order valence-corrected chi connectivity index (χ4v) is 8.00. The summed E-state index contributed by atoms with van der Waals surface area (Å²) in [5.74, 6) is 2.11. The minimum Gasteiger partial charge on any atom is -0.390 e. The lowest BCUT2D eigenvalue weighted by Gasteiger charge is -2.58. The molecule has 2 amide bonds. The number of aromatic nitrogens is 1.